The van der Waals surface area contributed by atoms with Crippen LogP contribution in [0.1, 0.15) is 13.8 Å². The molecule has 0 unspecified atom stereocenters. The number of fused-ring (bicyclic) bond motifs is 1. The lowest BCUT2D eigenvalue weighted by Gasteiger charge is -2.28. The second-order valence-electron chi connectivity index (χ2n) is 6.46. The molecule has 1 amide bonds. The summed E-state index contributed by atoms with van der Waals surface area (Å²) >= 11 is 0. The van der Waals surface area contributed by atoms with Crippen LogP contribution < -0.4 is 16.4 Å². The van der Waals surface area contributed by atoms with E-state index >= 15 is 0 Å². The van der Waals surface area contributed by atoms with Gasteiger partial charge in [-0.15, -0.1) is 0 Å². The van der Waals surface area contributed by atoms with Crippen molar-refractivity contribution in [1.82, 2.24) is 20.0 Å². The number of aromatic amines is 1. The smallest absolute Gasteiger partial charge is 0.273 e. The molecular weight excluding hydrogens is 308 g/mol. The van der Waals surface area contributed by atoms with E-state index < -0.39 is 0 Å². The second kappa shape index (κ2) is 7.44. The Morgan fingerprint density at radius 2 is 1.83 bits per heavy atom. The van der Waals surface area contributed by atoms with Crippen molar-refractivity contribution >= 4 is 16.7 Å². The molecule has 0 aliphatic heterocycles. The van der Waals surface area contributed by atoms with Gasteiger partial charge in [0.05, 0.1) is 10.8 Å². The summed E-state index contributed by atoms with van der Waals surface area (Å²) in [7, 11) is 3.92. The minimum absolute atomic E-state index is 0.196. The lowest BCUT2D eigenvalue weighted by Crippen LogP contribution is -2.45. The zero-order chi connectivity index (χ0) is 17.9. The highest BCUT2D eigenvalue weighted by molar-refractivity contribution is 5.81. The Balaban J connectivity index is 2.15. The van der Waals surface area contributed by atoms with E-state index in [0.29, 0.717) is 23.2 Å². The van der Waals surface area contributed by atoms with Crippen molar-refractivity contribution in [2.24, 2.45) is 5.92 Å². The molecule has 1 aromatic carbocycles. The summed E-state index contributed by atoms with van der Waals surface area (Å²) in [6, 6.07) is 6.76. The second-order valence-corrected chi connectivity index (χ2v) is 6.46. The summed E-state index contributed by atoms with van der Waals surface area (Å²) in [4.78, 5) is 38.6. The molecule has 1 atom stereocenters. The van der Waals surface area contributed by atoms with Crippen molar-refractivity contribution in [3.8, 4) is 0 Å². The number of nitrogens with zero attached hydrogens (tertiary/aromatic N) is 2. The first-order valence-electron chi connectivity index (χ1n) is 7.96. The molecule has 0 radical (unpaired) electrons. The summed E-state index contributed by atoms with van der Waals surface area (Å²) in [5, 5.41) is 5.92. The number of hydrogen-bond donors (Lipinski definition) is 2. The number of benzene rings is 1. The summed E-state index contributed by atoms with van der Waals surface area (Å²) in [5.74, 6) is 0.0685. The van der Waals surface area contributed by atoms with Gasteiger partial charge in [-0.3, -0.25) is 19.5 Å². The molecule has 0 fully saturated rings. The van der Waals surface area contributed by atoms with Crippen LogP contribution in [0.3, 0.4) is 0 Å². The van der Waals surface area contributed by atoms with E-state index in [1.54, 1.807) is 24.3 Å². The maximum absolute atomic E-state index is 12.4. The van der Waals surface area contributed by atoms with Crippen LogP contribution in [-0.4, -0.2) is 47.3 Å². The SMILES string of the molecule is CC(C)[C@@H](CNC(=O)Cn1[nH]c(=O)c2ccccc2c1=O)N(C)C. The fourth-order valence-corrected chi connectivity index (χ4v) is 2.79. The van der Waals surface area contributed by atoms with Gasteiger partial charge in [-0.2, -0.15) is 0 Å². The Hall–Kier alpha value is -2.41. The Morgan fingerprint density at radius 1 is 1.21 bits per heavy atom. The number of hydrogen-bond acceptors (Lipinski definition) is 4. The van der Waals surface area contributed by atoms with Crippen LogP contribution in [0.4, 0.5) is 0 Å². The van der Waals surface area contributed by atoms with Gasteiger partial charge in [0.1, 0.15) is 6.54 Å². The molecular formula is C17H24N4O3. The molecule has 7 heteroatoms. The molecule has 0 bridgehead atoms. The number of likely N-dealkylation sites (N-methyl/N-ethyl adjacent to an activating group) is 1. The molecule has 0 saturated heterocycles. The monoisotopic (exact) mass is 332 g/mol. The quantitative estimate of drug-likeness (QED) is 0.801. The van der Waals surface area contributed by atoms with Gasteiger partial charge >= 0.3 is 0 Å². The van der Waals surface area contributed by atoms with Crippen LogP contribution in [-0.2, 0) is 11.3 Å². The Bertz CT molecular complexity index is 828. The number of H-pyrrole nitrogens is 1. The molecule has 0 spiro atoms. The molecule has 24 heavy (non-hydrogen) atoms. The molecule has 7 nitrogen and oxygen atoms in total. The molecule has 1 heterocycles. The molecule has 2 N–H and O–H groups in total. The molecule has 2 rings (SSSR count). The molecule has 130 valence electrons. The topological polar surface area (TPSA) is 87.2 Å². The Labute approximate surface area is 140 Å². The zero-order valence-corrected chi connectivity index (χ0v) is 14.5. The Kier molecular flexibility index (Phi) is 5.56. The van der Waals surface area contributed by atoms with E-state index in [1.807, 2.05) is 14.1 Å². The highest BCUT2D eigenvalue weighted by Crippen LogP contribution is 2.06. The summed E-state index contributed by atoms with van der Waals surface area (Å²) < 4.78 is 1.06. The van der Waals surface area contributed by atoms with Crippen molar-refractivity contribution in [2.75, 3.05) is 20.6 Å². The number of amides is 1. The number of nitrogens with one attached hydrogen (secondary N) is 2. The van der Waals surface area contributed by atoms with E-state index in [4.69, 9.17) is 0 Å². The van der Waals surface area contributed by atoms with Gasteiger partial charge in [0.15, 0.2) is 0 Å². The molecule has 0 aliphatic rings. The van der Waals surface area contributed by atoms with Gasteiger partial charge in [0.25, 0.3) is 11.1 Å². The van der Waals surface area contributed by atoms with Gasteiger partial charge in [0, 0.05) is 12.6 Å². The average Bonchev–Trinajstić information content (AvgIpc) is 2.52. The minimum atomic E-state index is -0.383. The predicted molar refractivity (Wildman–Crippen MR) is 94.2 cm³/mol. The summed E-state index contributed by atoms with van der Waals surface area (Å²) in [5.41, 5.74) is -0.764. The normalized spacial score (nSPS) is 12.8. The zero-order valence-electron chi connectivity index (χ0n) is 14.5. The van der Waals surface area contributed by atoms with E-state index in [0.717, 1.165) is 4.68 Å². The van der Waals surface area contributed by atoms with Crippen molar-refractivity contribution < 1.29 is 4.79 Å². The van der Waals surface area contributed by atoms with Crippen molar-refractivity contribution in [1.29, 1.82) is 0 Å². The molecule has 1 aromatic heterocycles. The van der Waals surface area contributed by atoms with Crippen molar-refractivity contribution in [3.05, 3.63) is 45.0 Å². The van der Waals surface area contributed by atoms with E-state index in [9.17, 15) is 14.4 Å². The highest BCUT2D eigenvalue weighted by atomic mass is 16.2. The van der Waals surface area contributed by atoms with E-state index in [1.165, 1.54) is 0 Å². The third-order valence-corrected chi connectivity index (χ3v) is 4.13. The van der Waals surface area contributed by atoms with Crippen LogP contribution in [0.25, 0.3) is 10.8 Å². The van der Waals surface area contributed by atoms with Crippen LogP contribution >= 0.6 is 0 Å². The summed E-state index contributed by atoms with van der Waals surface area (Å²) in [6.07, 6.45) is 0. The lowest BCUT2D eigenvalue weighted by atomic mass is 10.0. The van der Waals surface area contributed by atoms with Crippen molar-refractivity contribution in [3.63, 3.8) is 0 Å². The fraction of sp³-hybridized carbons (Fsp3) is 0.471. The van der Waals surface area contributed by atoms with Gasteiger partial charge in [-0.25, -0.2) is 4.68 Å². The highest BCUT2D eigenvalue weighted by Gasteiger charge is 2.17. The van der Waals surface area contributed by atoms with Crippen LogP contribution in [0.15, 0.2) is 33.9 Å². The van der Waals surface area contributed by atoms with Crippen LogP contribution in [0.5, 0.6) is 0 Å². The van der Waals surface area contributed by atoms with Gasteiger partial charge in [-0.05, 0) is 32.1 Å². The fourth-order valence-electron chi connectivity index (χ4n) is 2.79. The minimum Gasteiger partial charge on any atom is -0.353 e. The first-order chi connectivity index (χ1) is 11.3. The standard InChI is InChI=1S/C17H24N4O3/c1-11(2)14(20(3)4)9-18-15(22)10-21-17(24)13-8-6-5-7-12(13)16(23)19-21/h5-8,11,14H,9-10H2,1-4H3,(H,18,22)(H,19,23)/t14-/m1/s1. The third kappa shape index (κ3) is 3.91. The maximum Gasteiger partial charge on any atom is 0.273 e. The summed E-state index contributed by atoms with van der Waals surface area (Å²) in [6.45, 7) is 4.44. The lowest BCUT2D eigenvalue weighted by molar-refractivity contribution is -0.122. The molecule has 0 aliphatic carbocycles. The number of carbonyl (C=O) groups excluding carboxylic acids is 1. The van der Waals surface area contributed by atoms with Gasteiger partial charge in [-0.1, -0.05) is 26.0 Å². The predicted octanol–water partition coefficient (Wildman–Crippen LogP) is 0.392. The van der Waals surface area contributed by atoms with Crippen LogP contribution in [0.2, 0.25) is 0 Å². The van der Waals surface area contributed by atoms with Gasteiger partial charge < -0.3 is 10.2 Å². The maximum atomic E-state index is 12.4. The number of carbonyl (C=O) groups is 1. The van der Waals surface area contributed by atoms with Crippen LogP contribution in [0, 0.1) is 5.92 Å². The Morgan fingerprint density at radius 3 is 2.42 bits per heavy atom. The van der Waals surface area contributed by atoms with E-state index in [2.05, 4.69) is 29.2 Å². The first-order valence-corrected chi connectivity index (χ1v) is 7.96. The number of aromatic nitrogens is 2. The molecule has 0 saturated carbocycles. The first kappa shape index (κ1) is 17.9. The third-order valence-electron chi connectivity index (χ3n) is 4.13. The average molecular weight is 332 g/mol. The van der Waals surface area contributed by atoms with Crippen molar-refractivity contribution in [2.45, 2.75) is 26.4 Å². The molecule has 2 aromatic rings. The van der Waals surface area contributed by atoms with E-state index in [-0.39, 0.29) is 29.6 Å². The van der Waals surface area contributed by atoms with Gasteiger partial charge in [0.2, 0.25) is 5.91 Å². The largest absolute Gasteiger partial charge is 0.353 e. The number of rotatable bonds is 6.